The van der Waals surface area contributed by atoms with Gasteiger partial charge in [0, 0.05) is 12.2 Å². The van der Waals surface area contributed by atoms with Gasteiger partial charge in [0.25, 0.3) is 11.4 Å². The molecule has 0 aliphatic carbocycles. The van der Waals surface area contributed by atoms with Crippen molar-refractivity contribution in [3.8, 4) is 22.6 Å². The van der Waals surface area contributed by atoms with Crippen LogP contribution in [-0.4, -0.2) is 55.5 Å². The van der Waals surface area contributed by atoms with Crippen molar-refractivity contribution in [3.63, 3.8) is 0 Å². The Balaban J connectivity index is 1.35. The highest BCUT2D eigenvalue weighted by Crippen LogP contribution is 2.38. The first-order chi connectivity index (χ1) is 20.2. The van der Waals surface area contributed by atoms with Crippen molar-refractivity contribution in [3.05, 3.63) is 93.9 Å². The number of nitrogens with zero attached hydrogens (tertiary/aromatic N) is 5. The van der Waals surface area contributed by atoms with Crippen LogP contribution in [-0.2, 0) is 22.3 Å². The topological polar surface area (TPSA) is 128 Å². The Morgan fingerprint density at radius 2 is 1.79 bits per heavy atom. The van der Waals surface area contributed by atoms with Gasteiger partial charge in [0.2, 0.25) is 5.89 Å². The summed E-state index contributed by atoms with van der Waals surface area (Å²) in [5, 5.41) is 11.6. The maximum absolute atomic E-state index is 14.0. The van der Waals surface area contributed by atoms with Gasteiger partial charge in [0.05, 0.1) is 18.8 Å². The minimum absolute atomic E-state index is 0.0262. The predicted octanol–water partition coefficient (Wildman–Crippen LogP) is 4.78. The molecule has 0 bridgehead atoms. The van der Waals surface area contributed by atoms with Gasteiger partial charge in [0.1, 0.15) is 23.9 Å². The van der Waals surface area contributed by atoms with E-state index in [1.54, 1.807) is 18.2 Å². The molecule has 1 aliphatic heterocycles. The highest BCUT2D eigenvalue weighted by Gasteiger charge is 2.40. The van der Waals surface area contributed by atoms with Crippen LogP contribution < -0.4 is 5.56 Å². The van der Waals surface area contributed by atoms with Crippen LogP contribution in [0, 0.1) is 6.92 Å². The number of rotatable bonds is 5. The number of morpholine rings is 1. The molecule has 0 radical (unpaired) electrons. The second-order valence-electron chi connectivity index (χ2n) is 9.55. The lowest BCUT2D eigenvalue weighted by molar-refractivity contribution is -0.140. The number of carbonyl (C=O) groups is 1. The molecule has 0 spiro atoms. The van der Waals surface area contributed by atoms with Crippen LogP contribution in [0.5, 0.6) is 0 Å². The van der Waals surface area contributed by atoms with Crippen LogP contribution in [0.1, 0.15) is 28.9 Å². The number of amides is 1. The SMILES string of the molecule is Cc1[nH]c2c(-c3ccccc3)c(C(F)(F)F)nn2c(=O)c1-c1nnc(C2COCCN2C(=O)OCc2ccccc2)o1. The van der Waals surface area contributed by atoms with E-state index in [1.807, 2.05) is 30.3 Å². The van der Waals surface area contributed by atoms with E-state index in [2.05, 4.69) is 20.3 Å². The molecular formula is C28H23F3N6O5. The summed E-state index contributed by atoms with van der Waals surface area (Å²) in [6.45, 7) is 2.05. The standard InChI is InChI=1S/C28H23F3N6O5/c1-16-20(26(38)37-23(32-16)21(18-10-6-3-7-11-18)22(35-37)28(29,30)31)25-34-33-24(42-25)19-15-40-13-12-36(19)27(39)41-14-17-8-4-2-5-9-17/h2-11,19,32H,12-15H2,1H3. The number of aromatic amines is 1. The Kier molecular flexibility index (Phi) is 6.98. The molecule has 0 saturated carbocycles. The van der Waals surface area contributed by atoms with Gasteiger partial charge in [-0.05, 0) is 18.1 Å². The van der Waals surface area contributed by atoms with Crippen molar-refractivity contribution < 1.29 is 31.9 Å². The molecule has 1 atom stereocenters. The van der Waals surface area contributed by atoms with Gasteiger partial charge in [-0.3, -0.25) is 9.69 Å². The van der Waals surface area contributed by atoms with Gasteiger partial charge < -0.3 is 18.9 Å². The second-order valence-corrected chi connectivity index (χ2v) is 9.55. The Hall–Kier alpha value is -4.98. The van der Waals surface area contributed by atoms with E-state index in [9.17, 15) is 22.8 Å². The number of H-pyrrole nitrogens is 1. The number of benzene rings is 2. The number of carbonyl (C=O) groups excluding carboxylic acids is 1. The minimum atomic E-state index is -4.83. The van der Waals surface area contributed by atoms with Gasteiger partial charge in [-0.15, -0.1) is 10.2 Å². The summed E-state index contributed by atoms with van der Waals surface area (Å²) in [4.78, 5) is 30.7. The van der Waals surface area contributed by atoms with Crippen LogP contribution in [0.4, 0.5) is 18.0 Å². The Bertz CT molecular complexity index is 1800. The summed E-state index contributed by atoms with van der Waals surface area (Å²) in [5.41, 5.74) is -1.42. The molecule has 1 aliphatic rings. The number of aromatic nitrogens is 5. The molecule has 216 valence electrons. The molecule has 6 rings (SSSR count). The fraction of sp³-hybridized carbons (Fsp3) is 0.250. The first-order valence-corrected chi connectivity index (χ1v) is 12.9. The fourth-order valence-corrected chi connectivity index (χ4v) is 4.81. The van der Waals surface area contributed by atoms with Gasteiger partial charge >= 0.3 is 12.3 Å². The number of alkyl halides is 3. The molecular weight excluding hydrogens is 557 g/mol. The molecule has 1 saturated heterocycles. The third kappa shape index (κ3) is 5.00. The van der Waals surface area contributed by atoms with Crippen LogP contribution in [0.2, 0.25) is 0 Å². The van der Waals surface area contributed by atoms with E-state index in [4.69, 9.17) is 13.9 Å². The van der Waals surface area contributed by atoms with Crippen LogP contribution in [0.25, 0.3) is 28.2 Å². The zero-order valence-electron chi connectivity index (χ0n) is 22.1. The minimum Gasteiger partial charge on any atom is -0.445 e. The van der Waals surface area contributed by atoms with Crippen molar-refractivity contribution in [1.29, 1.82) is 0 Å². The van der Waals surface area contributed by atoms with Gasteiger partial charge in [-0.2, -0.15) is 22.8 Å². The zero-order valence-corrected chi connectivity index (χ0v) is 22.1. The lowest BCUT2D eigenvalue weighted by atomic mass is 10.1. The molecule has 4 heterocycles. The molecule has 14 heteroatoms. The summed E-state index contributed by atoms with van der Waals surface area (Å²) in [6, 6.07) is 16.2. The van der Waals surface area contributed by atoms with E-state index in [-0.39, 0.29) is 66.2 Å². The van der Waals surface area contributed by atoms with Crippen molar-refractivity contribution >= 4 is 11.7 Å². The molecule has 42 heavy (non-hydrogen) atoms. The van der Waals surface area contributed by atoms with Crippen LogP contribution in [0.3, 0.4) is 0 Å². The second kappa shape index (κ2) is 10.8. The third-order valence-electron chi connectivity index (χ3n) is 6.81. The zero-order chi connectivity index (χ0) is 29.4. The lowest BCUT2D eigenvalue weighted by Crippen LogP contribution is -2.43. The molecule has 11 nitrogen and oxygen atoms in total. The molecule has 1 N–H and O–H groups in total. The van der Waals surface area contributed by atoms with E-state index < -0.39 is 29.6 Å². The average molecular weight is 581 g/mol. The van der Waals surface area contributed by atoms with Crippen molar-refractivity contribution in [2.75, 3.05) is 19.8 Å². The first kappa shape index (κ1) is 27.2. The highest BCUT2D eigenvalue weighted by atomic mass is 19.4. The number of fused-ring (bicyclic) bond motifs is 1. The van der Waals surface area contributed by atoms with Crippen LogP contribution in [0.15, 0.2) is 69.9 Å². The van der Waals surface area contributed by atoms with Crippen molar-refractivity contribution in [2.45, 2.75) is 25.7 Å². The molecule has 1 fully saturated rings. The normalized spacial score (nSPS) is 15.7. The lowest BCUT2D eigenvalue weighted by Gasteiger charge is -2.32. The number of halogens is 3. The Morgan fingerprint density at radius 1 is 1.07 bits per heavy atom. The maximum atomic E-state index is 14.0. The van der Waals surface area contributed by atoms with Crippen molar-refractivity contribution in [2.24, 2.45) is 0 Å². The molecule has 5 aromatic rings. The first-order valence-electron chi connectivity index (χ1n) is 12.9. The summed E-state index contributed by atoms with van der Waals surface area (Å²) >= 11 is 0. The molecule has 2 aromatic carbocycles. The third-order valence-corrected chi connectivity index (χ3v) is 6.81. The van der Waals surface area contributed by atoms with E-state index in [0.717, 1.165) is 5.56 Å². The van der Waals surface area contributed by atoms with Crippen molar-refractivity contribution in [1.82, 2.24) is 29.7 Å². The Morgan fingerprint density at radius 3 is 2.50 bits per heavy atom. The molecule has 1 unspecified atom stereocenters. The van der Waals surface area contributed by atoms with Gasteiger partial charge in [0.15, 0.2) is 5.69 Å². The average Bonchev–Trinajstić information content (AvgIpc) is 3.63. The monoisotopic (exact) mass is 580 g/mol. The number of ether oxygens (including phenoxy) is 2. The largest absolute Gasteiger partial charge is 0.445 e. The fourth-order valence-electron chi connectivity index (χ4n) is 4.81. The number of aryl methyl sites for hydroxylation is 1. The predicted molar refractivity (Wildman–Crippen MR) is 141 cm³/mol. The maximum Gasteiger partial charge on any atom is 0.435 e. The summed E-state index contributed by atoms with van der Waals surface area (Å²) in [5.74, 6) is -0.277. The smallest absolute Gasteiger partial charge is 0.435 e. The van der Waals surface area contributed by atoms with E-state index >= 15 is 0 Å². The summed E-state index contributed by atoms with van der Waals surface area (Å²) in [7, 11) is 0. The summed E-state index contributed by atoms with van der Waals surface area (Å²) < 4.78 is 59.5. The Labute approximate surface area is 235 Å². The van der Waals surface area contributed by atoms with E-state index in [1.165, 1.54) is 24.0 Å². The van der Waals surface area contributed by atoms with Crippen LogP contribution >= 0.6 is 0 Å². The van der Waals surface area contributed by atoms with Gasteiger partial charge in [-0.25, -0.2) is 4.79 Å². The number of nitrogens with one attached hydrogen (secondary N) is 1. The summed E-state index contributed by atoms with van der Waals surface area (Å²) in [6.07, 6.45) is -5.45. The quantitative estimate of drug-likeness (QED) is 0.315. The number of hydrogen-bond acceptors (Lipinski definition) is 8. The van der Waals surface area contributed by atoms with Gasteiger partial charge in [-0.1, -0.05) is 60.7 Å². The number of hydrogen-bond donors (Lipinski definition) is 1. The molecule has 1 amide bonds. The van der Waals surface area contributed by atoms with E-state index in [0.29, 0.717) is 4.52 Å². The molecule has 3 aromatic heterocycles. The highest BCUT2D eigenvalue weighted by molar-refractivity contribution is 5.81.